The molecule has 3 rings (SSSR count). The molecule has 0 heterocycles. The molecular weight excluding hydrogens is 250 g/mol. The van der Waals surface area contributed by atoms with Crippen molar-refractivity contribution < 1.29 is 9.90 Å². The molecule has 1 amide bonds. The van der Waals surface area contributed by atoms with Crippen molar-refractivity contribution >= 4 is 11.6 Å². The first kappa shape index (κ1) is 12.7. The van der Waals surface area contributed by atoms with Gasteiger partial charge < -0.3 is 10.0 Å². The highest BCUT2D eigenvalue weighted by atomic mass is 16.3. The van der Waals surface area contributed by atoms with Gasteiger partial charge in [-0.05, 0) is 66.8 Å². The molecule has 2 aromatic carbocycles. The largest absolute Gasteiger partial charge is 0.508 e. The summed E-state index contributed by atoms with van der Waals surface area (Å²) in [6.07, 6.45) is 3.37. The maximum atomic E-state index is 12.5. The minimum atomic E-state index is -0.0228. The van der Waals surface area contributed by atoms with E-state index >= 15 is 0 Å². The van der Waals surface area contributed by atoms with Crippen molar-refractivity contribution in [2.24, 2.45) is 0 Å². The third kappa shape index (κ3) is 2.27. The molecule has 1 aliphatic rings. The van der Waals surface area contributed by atoms with E-state index in [2.05, 4.69) is 6.07 Å². The Hall–Kier alpha value is -2.29. The fourth-order valence-corrected chi connectivity index (χ4v) is 2.69. The van der Waals surface area contributed by atoms with Gasteiger partial charge in [-0.3, -0.25) is 4.79 Å². The lowest BCUT2D eigenvalue weighted by Gasteiger charge is -2.18. The Labute approximate surface area is 118 Å². The first-order chi connectivity index (χ1) is 9.65. The van der Waals surface area contributed by atoms with Crippen LogP contribution in [0.5, 0.6) is 5.75 Å². The first-order valence-corrected chi connectivity index (χ1v) is 6.84. The second kappa shape index (κ2) is 5.00. The summed E-state index contributed by atoms with van der Waals surface area (Å²) in [6, 6.07) is 12.6. The smallest absolute Gasteiger partial charge is 0.258 e. The lowest BCUT2D eigenvalue weighted by Crippen LogP contribution is -2.26. The number of aryl methyl sites for hydroxylation is 2. The Morgan fingerprint density at radius 3 is 2.50 bits per heavy atom. The van der Waals surface area contributed by atoms with E-state index in [9.17, 15) is 9.90 Å². The highest BCUT2D eigenvalue weighted by Gasteiger charge is 2.17. The Morgan fingerprint density at radius 1 is 1.05 bits per heavy atom. The number of nitrogens with zero attached hydrogens (tertiary/aromatic N) is 1. The first-order valence-electron chi connectivity index (χ1n) is 6.84. The highest BCUT2D eigenvalue weighted by molar-refractivity contribution is 6.05. The van der Waals surface area contributed by atoms with Crippen molar-refractivity contribution in [3.8, 4) is 5.75 Å². The Balaban J connectivity index is 1.86. The normalized spacial score (nSPS) is 13.1. The Kier molecular flexibility index (Phi) is 3.18. The predicted molar refractivity (Wildman–Crippen MR) is 79.3 cm³/mol. The number of rotatable bonds is 2. The number of carbonyl (C=O) groups excluding carboxylic acids is 1. The van der Waals surface area contributed by atoms with Gasteiger partial charge in [0.15, 0.2) is 0 Å². The van der Waals surface area contributed by atoms with Crippen LogP contribution in [0, 0.1) is 0 Å². The SMILES string of the molecule is CN(C(=O)c1ccc2c(c1)CCC2)c1ccc(O)cc1. The minimum absolute atomic E-state index is 0.0228. The predicted octanol–water partition coefficient (Wildman–Crippen LogP) is 3.16. The zero-order chi connectivity index (χ0) is 14.1. The summed E-state index contributed by atoms with van der Waals surface area (Å²) < 4.78 is 0. The summed E-state index contributed by atoms with van der Waals surface area (Å²) in [5.74, 6) is 0.178. The van der Waals surface area contributed by atoms with Gasteiger partial charge in [-0.15, -0.1) is 0 Å². The standard InChI is InChI=1S/C17H17NO2/c1-18(15-7-9-16(19)10-8-15)17(20)14-6-5-12-3-2-4-13(12)11-14/h5-11,19H,2-4H2,1H3. The summed E-state index contributed by atoms with van der Waals surface area (Å²) in [7, 11) is 1.75. The average Bonchev–Trinajstić information content (AvgIpc) is 2.94. The molecule has 1 N–H and O–H groups in total. The summed E-state index contributed by atoms with van der Waals surface area (Å²) in [6.45, 7) is 0. The molecule has 1 aliphatic carbocycles. The van der Waals surface area contributed by atoms with Crippen LogP contribution in [0.1, 0.15) is 27.9 Å². The van der Waals surface area contributed by atoms with Crippen LogP contribution >= 0.6 is 0 Å². The van der Waals surface area contributed by atoms with Gasteiger partial charge in [0.05, 0.1) is 0 Å². The van der Waals surface area contributed by atoms with Crippen molar-refractivity contribution in [1.82, 2.24) is 0 Å². The summed E-state index contributed by atoms with van der Waals surface area (Å²) in [4.78, 5) is 14.1. The second-order valence-corrected chi connectivity index (χ2v) is 5.22. The van der Waals surface area contributed by atoms with E-state index in [0.717, 1.165) is 24.1 Å². The van der Waals surface area contributed by atoms with Crippen LogP contribution in [0.2, 0.25) is 0 Å². The van der Waals surface area contributed by atoms with Crippen molar-refractivity contribution in [2.75, 3.05) is 11.9 Å². The number of aromatic hydroxyl groups is 1. The molecule has 0 fully saturated rings. The van der Waals surface area contributed by atoms with Gasteiger partial charge in [-0.2, -0.15) is 0 Å². The molecule has 0 radical (unpaired) electrons. The number of carbonyl (C=O) groups is 1. The molecule has 0 spiro atoms. The molecule has 20 heavy (non-hydrogen) atoms. The van der Waals surface area contributed by atoms with Gasteiger partial charge in [0, 0.05) is 18.3 Å². The molecule has 0 aromatic heterocycles. The Morgan fingerprint density at radius 2 is 1.75 bits per heavy atom. The lowest BCUT2D eigenvalue weighted by molar-refractivity contribution is 0.0993. The summed E-state index contributed by atoms with van der Waals surface area (Å²) in [5.41, 5.74) is 4.17. The summed E-state index contributed by atoms with van der Waals surface area (Å²) in [5, 5.41) is 9.30. The number of hydrogen-bond acceptors (Lipinski definition) is 2. The number of fused-ring (bicyclic) bond motifs is 1. The fourth-order valence-electron chi connectivity index (χ4n) is 2.69. The van der Waals surface area contributed by atoms with Crippen molar-refractivity contribution in [1.29, 1.82) is 0 Å². The van der Waals surface area contributed by atoms with E-state index in [-0.39, 0.29) is 11.7 Å². The Bertz CT molecular complexity index is 647. The molecule has 0 atom stereocenters. The zero-order valence-electron chi connectivity index (χ0n) is 11.5. The fraction of sp³-hybridized carbons (Fsp3) is 0.235. The van der Waals surface area contributed by atoms with Crippen LogP contribution in [0.15, 0.2) is 42.5 Å². The van der Waals surface area contributed by atoms with Crippen LogP contribution in [0.4, 0.5) is 5.69 Å². The van der Waals surface area contributed by atoms with E-state index in [1.807, 2.05) is 12.1 Å². The zero-order valence-corrected chi connectivity index (χ0v) is 11.5. The molecule has 3 heteroatoms. The average molecular weight is 267 g/mol. The second-order valence-electron chi connectivity index (χ2n) is 5.22. The van der Waals surface area contributed by atoms with Crippen molar-refractivity contribution in [2.45, 2.75) is 19.3 Å². The van der Waals surface area contributed by atoms with Crippen LogP contribution in [-0.2, 0) is 12.8 Å². The van der Waals surface area contributed by atoms with Crippen molar-refractivity contribution in [3.63, 3.8) is 0 Å². The highest BCUT2D eigenvalue weighted by Crippen LogP contribution is 2.24. The number of amides is 1. The number of phenols is 1. The topological polar surface area (TPSA) is 40.5 Å². The van der Waals surface area contributed by atoms with Gasteiger partial charge in [-0.25, -0.2) is 0 Å². The molecule has 0 saturated carbocycles. The van der Waals surface area contributed by atoms with E-state index in [4.69, 9.17) is 0 Å². The summed E-state index contributed by atoms with van der Waals surface area (Å²) >= 11 is 0. The van der Waals surface area contributed by atoms with Crippen LogP contribution < -0.4 is 4.90 Å². The van der Waals surface area contributed by atoms with E-state index < -0.39 is 0 Å². The molecule has 102 valence electrons. The molecule has 3 nitrogen and oxygen atoms in total. The third-order valence-electron chi connectivity index (χ3n) is 3.89. The molecule has 2 aromatic rings. The van der Waals surface area contributed by atoms with Gasteiger partial charge in [0.25, 0.3) is 5.91 Å². The van der Waals surface area contributed by atoms with Gasteiger partial charge in [-0.1, -0.05) is 6.07 Å². The monoisotopic (exact) mass is 267 g/mol. The number of hydrogen-bond donors (Lipinski definition) is 1. The molecule has 0 unspecified atom stereocenters. The van der Waals surface area contributed by atoms with Crippen LogP contribution in [-0.4, -0.2) is 18.1 Å². The van der Waals surface area contributed by atoms with Crippen molar-refractivity contribution in [3.05, 3.63) is 59.2 Å². The quantitative estimate of drug-likeness (QED) is 0.908. The minimum Gasteiger partial charge on any atom is -0.508 e. The number of anilines is 1. The van der Waals surface area contributed by atoms with E-state index in [1.165, 1.54) is 17.5 Å². The molecule has 0 bridgehead atoms. The molecule has 0 aliphatic heterocycles. The maximum Gasteiger partial charge on any atom is 0.258 e. The molecular formula is C17H17NO2. The third-order valence-corrected chi connectivity index (χ3v) is 3.89. The van der Waals surface area contributed by atoms with E-state index in [0.29, 0.717) is 0 Å². The van der Waals surface area contributed by atoms with Crippen LogP contribution in [0.3, 0.4) is 0 Å². The van der Waals surface area contributed by atoms with E-state index in [1.54, 1.807) is 36.2 Å². The molecule has 0 saturated heterocycles. The maximum absolute atomic E-state index is 12.5. The van der Waals surface area contributed by atoms with Gasteiger partial charge in [0.2, 0.25) is 0 Å². The van der Waals surface area contributed by atoms with Gasteiger partial charge in [0.1, 0.15) is 5.75 Å². The van der Waals surface area contributed by atoms with Gasteiger partial charge >= 0.3 is 0 Å². The number of benzene rings is 2. The number of phenolic OH excluding ortho intramolecular Hbond substituents is 1. The lowest BCUT2D eigenvalue weighted by atomic mass is 10.1. The van der Waals surface area contributed by atoms with Crippen LogP contribution in [0.25, 0.3) is 0 Å².